The van der Waals surface area contributed by atoms with Crippen LogP contribution in [0.25, 0.3) is 0 Å². The summed E-state index contributed by atoms with van der Waals surface area (Å²) in [4.78, 5) is 38.0. The highest BCUT2D eigenvalue weighted by molar-refractivity contribution is 5.71. The third-order valence-corrected chi connectivity index (χ3v) is 13.7. The van der Waals surface area contributed by atoms with E-state index in [1.807, 2.05) is 0 Å². The number of unbranched alkanes of at least 4 members (excludes halogenated alkanes) is 34. The van der Waals surface area contributed by atoms with Gasteiger partial charge in [-0.25, -0.2) is 0 Å². The third-order valence-electron chi connectivity index (χ3n) is 13.7. The number of carbonyl (C=O) groups excluding carboxylic acids is 3. The average molecular weight is 1020 g/mol. The van der Waals surface area contributed by atoms with Gasteiger partial charge in [0.15, 0.2) is 6.10 Å². The minimum atomic E-state index is -0.773. The van der Waals surface area contributed by atoms with Gasteiger partial charge in [-0.1, -0.05) is 280 Å². The van der Waals surface area contributed by atoms with Crippen LogP contribution in [-0.2, 0) is 28.6 Å². The number of carbonyl (C=O) groups is 3. The molecule has 422 valence electrons. The predicted octanol–water partition coefficient (Wildman–Crippen LogP) is 21.3. The molecule has 1 unspecified atom stereocenters. The van der Waals surface area contributed by atoms with Gasteiger partial charge in [0.2, 0.25) is 0 Å². The van der Waals surface area contributed by atoms with Crippen molar-refractivity contribution >= 4 is 17.9 Å². The summed E-state index contributed by atoms with van der Waals surface area (Å²) in [7, 11) is 0. The van der Waals surface area contributed by atoms with Crippen LogP contribution in [0.4, 0.5) is 0 Å². The molecule has 0 N–H and O–H groups in total. The lowest BCUT2D eigenvalue weighted by Gasteiger charge is -2.18. The number of hydrogen-bond donors (Lipinski definition) is 0. The maximum atomic E-state index is 12.8. The Balaban J connectivity index is 4.08. The van der Waals surface area contributed by atoms with Gasteiger partial charge in [-0.05, 0) is 89.9 Å². The van der Waals surface area contributed by atoms with E-state index in [1.54, 1.807) is 0 Å². The van der Waals surface area contributed by atoms with E-state index in [4.69, 9.17) is 14.2 Å². The number of allylic oxidation sites excluding steroid dienone is 12. The quantitative estimate of drug-likeness (QED) is 0.0261. The summed E-state index contributed by atoms with van der Waals surface area (Å²) in [6, 6.07) is 0. The van der Waals surface area contributed by atoms with Crippen molar-refractivity contribution in [3.63, 3.8) is 0 Å². The lowest BCUT2D eigenvalue weighted by Crippen LogP contribution is -2.30. The molecule has 0 amide bonds. The summed E-state index contributed by atoms with van der Waals surface area (Å²) >= 11 is 0. The van der Waals surface area contributed by atoms with Gasteiger partial charge in [0.1, 0.15) is 13.2 Å². The molecule has 0 aliphatic rings. The fourth-order valence-corrected chi connectivity index (χ4v) is 9.00. The Morgan fingerprint density at radius 3 is 0.863 bits per heavy atom. The molecule has 0 aliphatic carbocycles. The van der Waals surface area contributed by atoms with E-state index in [0.717, 1.165) is 89.9 Å². The predicted molar refractivity (Wildman–Crippen MR) is 316 cm³/mol. The van der Waals surface area contributed by atoms with Gasteiger partial charge in [-0.3, -0.25) is 14.4 Å². The molecular weight excluding hydrogens is 901 g/mol. The first-order chi connectivity index (χ1) is 36.0. The second-order valence-electron chi connectivity index (χ2n) is 20.9. The molecule has 0 fully saturated rings. The monoisotopic (exact) mass is 1020 g/mol. The molecule has 0 aromatic heterocycles. The van der Waals surface area contributed by atoms with E-state index in [1.165, 1.54) is 186 Å². The number of hydrogen-bond acceptors (Lipinski definition) is 6. The zero-order valence-corrected chi connectivity index (χ0v) is 48.4. The molecule has 6 heteroatoms. The minimum Gasteiger partial charge on any atom is -0.462 e. The smallest absolute Gasteiger partial charge is 0.306 e. The van der Waals surface area contributed by atoms with Crippen LogP contribution in [0.3, 0.4) is 0 Å². The fraction of sp³-hybridized carbons (Fsp3) is 0.776. The highest BCUT2D eigenvalue weighted by Crippen LogP contribution is 2.17. The van der Waals surface area contributed by atoms with Crippen molar-refractivity contribution < 1.29 is 28.6 Å². The summed E-state index contributed by atoms with van der Waals surface area (Å²) in [6.45, 7) is 6.49. The van der Waals surface area contributed by atoms with E-state index in [-0.39, 0.29) is 31.1 Å². The van der Waals surface area contributed by atoms with E-state index in [9.17, 15) is 14.4 Å². The molecule has 1 atom stereocenters. The third kappa shape index (κ3) is 59.6. The molecule has 0 aromatic carbocycles. The number of rotatable bonds is 57. The fourth-order valence-electron chi connectivity index (χ4n) is 9.00. The zero-order chi connectivity index (χ0) is 52.9. The lowest BCUT2D eigenvalue weighted by molar-refractivity contribution is -0.167. The van der Waals surface area contributed by atoms with Crippen molar-refractivity contribution in [1.82, 2.24) is 0 Å². The Morgan fingerprint density at radius 1 is 0.288 bits per heavy atom. The Morgan fingerprint density at radius 2 is 0.534 bits per heavy atom. The van der Waals surface area contributed by atoms with Gasteiger partial charge in [-0.2, -0.15) is 0 Å². The Kier molecular flexibility index (Phi) is 58.7. The van der Waals surface area contributed by atoms with Crippen LogP contribution in [0.1, 0.15) is 316 Å². The molecule has 0 rings (SSSR count). The van der Waals surface area contributed by atoms with Crippen molar-refractivity contribution in [2.45, 2.75) is 322 Å². The molecule has 6 nitrogen and oxygen atoms in total. The standard InChI is InChI=1S/C67H118O6/c1-4-7-10-13-16-18-20-22-24-26-28-29-30-31-32-33-34-35-36-37-39-40-42-44-46-48-51-54-57-60-66(69)72-63-64(62-71-65(68)59-56-53-50-15-12-9-6-3)73-67(70)61-58-55-52-49-47-45-43-41-38-27-25-23-21-19-17-14-11-8-5-2/h7,10,16-19,22-25,28-29,64H,4-6,8-9,11-15,20-21,26-27,30-63H2,1-3H3/b10-7-,18-16-,19-17-,24-22-,25-23-,29-28-. The van der Waals surface area contributed by atoms with Crippen molar-refractivity contribution in [3.8, 4) is 0 Å². The largest absolute Gasteiger partial charge is 0.462 e. The van der Waals surface area contributed by atoms with Crippen LogP contribution >= 0.6 is 0 Å². The Hall–Kier alpha value is -3.15. The van der Waals surface area contributed by atoms with Crippen molar-refractivity contribution in [2.75, 3.05) is 13.2 Å². The molecular formula is C67H118O6. The molecule has 0 heterocycles. The van der Waals surface area contributed by atoms with Gasteiger partial charge in [0, 0.05) is 19.3 Å². The van der Waals surface area contributed by atoms with Crippen LogP contribution in [-0.4, -0.2) is 37.2 Å². The zero-order valence-electron chi connectivity index (χ0n) is 48.4. The first-order valence-electron chi connectivity index (χ1n) is 31.4. The van der Waals surface area contributed by atoms with Crippen LogP contribution in [0.5, 0.6) is 0 Å². The second kappa shape index (κ2) is 61.4. The van der Waals surface area contributed by atoms with E-state index in [2.05, 4.69) is 93.7 Å². The first-order valence-corrected chi connectivity index (χ1v) is 31.4. The van der Waals surface area contributed by atoms with Gasteiger partial charge >= 0.3 is 17.9 Å². The lowest BCUT2D eigenvalue weighted by atomic mass is 10.0. The average Bonchev–Trinajstić information content (AvgIpc) is 3.39. The van der Waals surface area contributed by atoms with E-state index < -0.39 is 6.10 Å². The normalized spacial score (nSPS) is 12.5. The van der Waals surface area contributed by atoms with Gasteiger partial charge in [0.05, 0.1) is 0 Å². The molecule has 0 aromatic rings. The summed E-state index contributed by atoms with van der Waals surface area (Å²) in [5, 5.41) is 0. The number of esters is 3. The highest BCUT2D eigenvalue weighted by atomic mass is 16.6. The van der Waals surface area contributed by atoms with Crippen LogP contribution in [0.15, 0.2) is 72.9 Å². The maximum absolute atomic E-state index is 12.8. The highest BCUT2D eigenvalue weighted by Gasteiger charge is 2.19. The van der Waals surface area contributed by atoms with Gasteiger partial charge in [0.25, 0.3) is 0 Å². The molecule has 73 heavy (non-hydrogen) atoms. The molecule has 0 radical (unpaired) electrons. The number of ether oxygens (including phenoxy) is 3. The second-order valence-corrected chi connectivity index (χ2v) is 20.9. The summed E-state index contributed by atoms with van der Waals surface area (Å²) in [6.07, 6.45) is 79.3. The molecule has 0 spiro atoms. The van der Waals surface area contributed by atoms with Crippen molar-refractivity contribution in [2.24, 2.45) is 0 Å². The molecule has 0 saturated heterocycles. The Labute approximate surface area is 453 Å². The topological polar surface area (TPSA) is 78.9 Å². The first kappa shape index (κ1) is 69.8. The van der Waals surface area contributed by atoms with E-state index >= 15 is 0 Å². The maximum Gasteiger partial charge on any atom is 0.306 e. The van der Waals surface area contributed by atoms with Gasteiger partial charge in [-0.15, -0.1) is 0 Å². The SMILES string of the molecule is CC/C=C\C/C=C\C/C=C\C/C=C\CCCCCCCCCCCCCCCCCCC(=O)OCC(COC(=O)CCCCCCCCC)OC(=O)CCCCCCCCCCC/C=C\C/C=C\CCCCC. The molecule has 0 saturated carbocycles. The Bertz CT molecular complexity index is 1360. The van der Waals surface area contributed by atoms with Gasteiger partial charge < -0.3 is 14.2 Å². The summed E-state index contributed by atoms with van der Waals surface area (Å²) < 4.78 is 16.8. The van der Waals surface area contributed by atoms with E-state index in [0.29, 0.717) is 19.3 Å². The molecule has 0 aliphatic heterocycles. The molecule has 0 bridgehead atoms. The summed E-state index contributed by atoms with van der Waals surface area (Å²) in [5.41, 5.74) is 0. The van der Waals surface area contributed by atoms with Crippen LogP contribution < -0.4 is 0 Å². The van der Waals surface area contributed by atoms with Crippen molar-refractivity contribution in [3.05, 3.63) is 72.9 Å². The van der Waals surface area contributed by atoms with Crippen LogP contribution in [0, 0.1) is 0 Å². The van der Waals surface area contributed by atoms with Crippen LogP contribution in [0.2, 0.25) is 0 Å². The van der Waals surface area contributed by atoms with Crippen molar-refractivity contribution in [1.29, 1.82) is 0 Å². The minimum absolute atomic E-state index is 0.0735. The summed E-state index contributed by atoms with van der Waals surface area (Å²) in [5.74, 6) is -0.871.